The molecular formula is C11H11BrClFSi. The Morgan fingerprint density at radius 3 is 2.47 bits per heavy atom. The third-order valence-corrected chi connectivity index (χ3v) is 3.82. The lowest BCUT2D eigenvalue weighted by Crippen LogP contribution is -2.16. The van der Waals surface area contributed by atoms with Crippen LogP contribution in [-0.4, -0.2) is 8.07 Å². The van der Waals surface area contributed by atoms with Crippen LogP contribution < -0.4 is 0 Å². The molecule has 0 saturated heterocycles. The minimum Gasteiger partial charge on any atom is -0.207 e. The maximum absolute atomic E-state index is 13.1. The van der Waals surface area contributed by atoms with Crippen molar-refractivity contribution >= 4 is 35.6 Å². The quantitative estimate of drug-likeness (QED) is 0.377. The first-order valence-electron chi connectivity index (χ1n) is 4.47. The Labute approximate surface area is 104 Å². The second-order valence-electron chi connectivity index (χ2n) is 4.25. The van der Waals surface area contributed by atoms with Crippen molar-refractivity contribution in [3.8, 4) is 11.5 Å². The highest BCUT2D eigenvalue weighted by molar-refractivity contribution is 9.10. The van der Waals surface area contributed by atoms with Crippen LogP contribution in [0.1, 0.15) is 5.56 Å². The standard InChI is InChI=1S/C11H11BrClFSi/c1-15(2,3)5-4-8-6-9(14)7-10(13)11(8)12/h6-7H,1-3H3. The Kier molecular flexibility index (Phi) is 3.99. The van der Waals surface area contributed by atoms with Crippen molar-refractivity contribution in [2.45, 2.75) is 19.6 Å². The molecule has 0 heterocycles. The minimum absolute atomic E-state index is 0.356. The first-order chi connectivity index (χ1) is 6.79. The summed E-state index contributed by atoms with van der Waals surface area (Å²) in [6.45, 7) is 6.40. The molecule has 0 spiro atoms. The molecule has 0 saturated carbocycles. The van der Waals surface area contributed by atoms with Crippen molar-refractivity contribution in [2.24, 2.45) is 0 Å². The van der Waals surface area contributed by atoms with E-state index in [9.17, 15) is 4.39 Å². The van der Waals surface area contributed by atoms with Gasteiger partial charge in [0.15, 0.2) is 0 Å². The van der Waals surface area contributed by atoms with Crippen LogP contribution in [0.3, 0.4) is 0 Å². The first-order valence-corrected chi connectivity index (χ1v) is 9.14. The smallest absolute Gasteiger partial charge is 0.129 e. The molecule has 0 bridgehead atoms. The summed E-state index contributed by atoms with van der Waals surface area (Å²) in [5.74, 6) is 2.62. The molecule has 0 aliphatic heterocycles. The zero-order chi connectivity index (χ0) is 11.6. The van der Waals surface area contributed by atoms with E-state index in [1.807, 2.05) is 0 Å². The van der Waals surface area contributed by atoms with Gasteiger partial charge in [-0.2, -0.15) is 0 Å². The van der Waals surface area contributed by atoms with Crippen LogP contribution in [0, 0.1) is 17.3 Å². The lowest BCUT2D eigenvalue weighted by Gasteiger charge is -2.04. The predicted molar refractivity (Wildman–Crippen MR) is 69.3 cm³/mol. The van der Waals surface area contributed by atoms with E-state index >= 15 is 0 Å². The summed E-state index contributed by atoms with van der Waals surface area (Å²) in [5.41, 5.74) is 3.78. The van der Waals surface area contributed by atoms with Gasteiger partial charge in [0.2, 0.25) is 0 Å². The van der Waals surface area contributed by atoms with E-state index in [2.05, 4.69) is 47.0 Å². The summed E-state index contributed by atoms with van der Waals surface area (Å²) in [6.07, 6.45) is 0. The van der Waals surface area contributed by atoms with Crippen molar-refractivity contribution in [1.82, 2.24) is 0 Å². The highest BCUT2D eigenvalue weighted by Gasteiger charge is 2.09. The van der Waals surface area contributed by atoms with Gasteiger partial charge in [0, 0.05) is 5.56 Å². The number of rotatable bonds is 0. The molecule has 0 N–H and O–H groups in total. The SMILES string of the molecule is C[Si](C)(C)C#Cc1cc(F)cc(Cl)c1Br. The molecule has 0 amide bonds. The Morgan fingerprint density at radius 2 is 1.93 bits per heavy atom. The number of hydrogen-bond acceptors (Lipinski definition) is 0. The first kappa shape index (κ1) is 12.8. The van der Waals surface area contributed by atoms with Gasteiger partial charge in [-0.3, -0.25) is 0 Å². The van der Waals surface area contributed by atoms with Gasteiger partial charge in [-0.05, 0) is 28.1 Å². The average molecular weight is 306 g/mol. The number of hydrogen-bond donors (Lipinski definition) is 0. The van der Waals surface area contributed by atoms with Gasteiger partial charge < -0.3 is 0 Å². The van der Waals surface area contributed by atoms with Gasteiger partial charge in [0.05, 0.1) is 9.50 Å². The Morgan fingerprint density at radius 1 is 1.33 bits per heavy atom. The van der Waals surface area contributed by atoms with Crippen LogP contribution in [0.5, 0.6) is 0 Å². The predicted octanol–water partition coefficient (Wildman–Crippen LogP) is 4.47. The Hall–Kier alpha value is -0.303. The fourth-order valence-electron chi connectivity index (χ4n) is 0.902. The molecule has 1 aromatic rings. The summed E-state index contributed by atoms with van der Waals surface area (Å²) in [5, 5.41) is 0.356. The zero-order valence-electron chi connectivity index (χ0n) is 8.79. The molecule has 0 aromatic heterocycles. The normalized spacial score (nSPS) is 10.8. The number of halogens is 3. The average Bonchev–Trinajstić information content (AvgIpc) is 2.07. The molecule has 0 aliphatic rings. The van der Waals surface area contributed by atoms with E-state index in [0.717, 1.165) is 0 Å². The second-order valence-corrected chi connectivity index (χ2v) is 10.2. The lowest BCUT2D eigenvalue weighted by atomic mass is 10.2. The van der Waals surface area contributed by atoms with Gasteiger partial charge in [0.25, 0.3) is 0 Å². The van der Waals surface area contributed by atoms with Gasteiger partial charge in [-0.15, -0.1) is 5.54 Å². The van der Waals surface area contributed by atoms with E-state index < -0.39 is 8.07 Å². The van der Waals surface area contributed by atoms with E-state index in [4.69, 9.17) is 11.6 Å². The van der Waals surface area contributed by atoms with Crippen molar-refractivity contribution in [2.75, 3.05) is 0 Å². The largest absolute Gasteiger partial charge is 0.207 e. The Bertz CT molecular complexity index is 440. The summed E-state index contributed by atoms with van der Waals surface area (Å²) >= 11 is 9.12. The van der Waals surface area contributed by atoms with E-state index in [0.29, 0.717) is 15.1 Å². The van der Waals surface area contributed by atoms with Gasteiger partial charge in [-0.25, -0.2) is 4.39 Å². The van der Waals surface area contributed by atoms with E-state index in [1.165, 1.54) is 12.1 Å². The molecule has 0 fully saturated rings. The van der Waals surface area contributed by atoms with E-state index in [-0.39, 0.29) is 5.82 Å². The topological polar surface area (TPSA) is 0 Å². The monoisotopic (exact) mass is 304 g/mol. The summed E-state index contributed by atoms with van der Waals surface area (Å²) in [4.78, 5) is 0. The molecule has 0 radical (unpaired) electrons. The number of benzene rings is 1. The highest BCUT2D eigenvalue weighted by Crippen LogP contribution is 2.27. The van der Waals surface area contributed by atoms with Gasteiger partial charge >= 0.3 is 0 Å². The molecule has 15 heavy (non-hydrogen) atoms. The molecule has 0 aliphatic carbocycles. The van der Waals surface area contributed by atoms with Crippen LogP contribution in [0.2, 0.25) is 24.7 Å². The molecule has 80 valence electrons. The zero-order valence-corrected chi connectivity index (χ0v) is 12.1. The van der Waals surface area contributed by atoms with Crippen LogP contribution in [0.4, 0.5) is 4.39 Å². The van der Waals surface area contributed by atoms with Crippen LogP contribution in [0.25, 0.3) is 0 Å². The fraction of sp³-hybridized carbons (Fsp3) is 0.273. The molecule has 4 heteroatoms. The van der Waals surface area contributed by atoms with Crippen LogP contribution >= 0.6 is 27.5 Å². The van der Waals surface area contributed by atoms with Gasteiger partial charge in [-0.1, -0.05) is 37.2 Å². The maximum Gasteiger partial charge on any atom is 0.129 e. The molecule has 1 aromatic carbocycles. The third-order valence-electron chi connectivity index (χ3n) is 1.57. The lowest BCUT2D eigenvalue weighted by molar-refractivity contribution is 0.627. The molecule has 0 atom stereocenters. The summed E-state index contributed by atoms with van der Waals surface area (Å²) in [6, 6.07) is 2.66. The van der Waals surface area contributed by atoms with Crippen molar-refractivity contribution in [3.05, 3.63) is 33.0 Å². The Balaban J connectivity index is 3.20. The fourth-order valence-corrected chi connectivity index (χ4v) is 1.95. The van der Waals surface area contributed by atoms with Crippen molar-refractivity contribution < 1.29 is 4.39 Å². The van der Waals surface area contributed by atoms with Crippen LogP contribution in [0.15, 0.2) is 16.6 Å². The molecular weight excluding hydrogens is 295 g/mol. The third kappa shape index (κ3) is 3.98. The van der Waals surface area contributed by atoms with Crippen molar-refractivity contribution in [1.29, 1.82) is 0 Å². The van der Waals surface area contributed by atoms with Gasteiger partial charge in [0.1, 0.15) is 13.9 Å². The molecule has 0 nitrogen and oxygen atoms in total. The molecule has 0 unspecified atom stereocenters. The van der Waals surface area contributed by atoms with E-state index in [1.54, 1.807) is 0 Å². The molecule has 1 rings (SSSR count). The summed E-state index contributed by atoms with van der Waals surface area (Å²) < 4.78 is 13.7. The highest BCUT2D eigenvalue weighted by atomic mass is 79.9. The van der Waals surface area contributed by atoms with Crippen LogP contribution in [-0.2, 0) is 0 Å². The second kappa shape index (κ2) is 4.69. The summed E-state index contributed by atoms with van der Waals surface area (Å²) in [7, 11) is -1.45. The van der Waals surface area contributed by atoms with Crippen molar-refractivity contribution in [3.63, 3.8) is 0 Å². The minimum atomic E-state index is -1.45. The maximum atomic E-state index is 13.1.